The van der Waals surface area contributed by atoms with Crippen molar-refractivity contribution < 1.29 is 4.74 Å². The summed E-state index contributed by atoms with van der Waals surface area (Å²) >= 11 is 5.96. The van der Waals surface area contributed by atoms with Crippen LogP contribution in [0.1, 0.15) is 25.1 Å². The first kappa shape index (κ1) is 15.8. The second kappa shape index (κ2) is 7.43. The fourth-order valence-electron chi connectivity index (χ4n) is 2.02. The first-order chi connectivity index (χ1) is 10.0. The third kappa shape index (κ3) is 5.37. The van der Waals surface area contributed by atoms with Gasteiger partial charge in [0, 0.05) is 23.3 Å². The van der Waals surface area contributed by atoms with Crippen LogP contribution in [-0.2, 0) is 6.54 Å². The van der Waals surface area contributed by atoms with Gasteiger partial charge in [0.15, 0.2) is 0 Å². The van der Waals surface area contributed by atoms with Gasteiger partial charge >= 0.3 is 0 Å². The minimum atomic E-state index is 0.596. The van der Waals surface area contributed by atoms with Crippen molar-refractivity contribution in [3.8, 4) is 11.6 Å². The number of benzene rings is 1. The summed E-state index contributed by atoms with van der Waals surface area (Å²) in [5.41, 5.74) is 2.11. The average Bonchev–Trinajstić information content (AvgIpc) is 2.37. The second-order valence-electron chi connectivity index (χ2n) is 5.54. The van der Waals surface area contributed by atoms with Crippen molar-refractivity contribution in [2.45, 2.75) is 27.3 Å². The highest BCUT2D eigenvalue weighted by atomic mass is 35.5. The summed E-state index contributed by atoms with van der Waals surface area (Å²) in [7, 11) is 0. The van der Waals surface area contributed by atoms with Crippen LogP contribution in [0.2, 0.25) is 5.02 Å². The number of rotatable bonds is 6. The zero-order valence-electron chi connectivity index (χ0n) is 12.7. The van der Waals surface area contributed by atoms with E-state index in [1.807, 2.05) is 31.2 Å². The lowest BCUT2D eigenvalue weighted by molar-refractivity contribution is 0.460. The maximum absolute atomic E-state index is 5.96. The highest BCUT2D eigenvalue weighted by Crippen LogP contribution is 2.23. The van der Waals surface area contributed by atoms with Crippen LogP contribution in [0.4, 0.5) is 0 Å². The number of pyridine rings is 1. The Kier molecular flexibility index (Phi) is 5.59. The van der Waals surface area contributed by atoms with E-state index in [1.165, 1.54) is 5.56 Å². The summed E-state index contributed by atoms with van der Waals surface area (Å²) in [6, 6.07) is 11.4. The van der Waals surface area contributed by atoms with Crippen LogP contribution in [0.5, 0.6) is 11.6 Å². The molecule has 2 aromatic rings. The van der Waals surface area contributed by atoms with Crippen molar-refractivity contribution >= 4 is 11.6 Å². The fraction of sp³-hybridized carbons (Fsp3) is 0.353. The van der Waals surface area contributed by atoms with Crippen molar-refractivity contribution in [2.24, 2.45) is 5.92 Å². The van der Waals surface area contributed by atoms with Crippen LogP contribution in [-0.4, -0.2) is 11.5 Å². The number of hydrogen-bond acceptors (Lipinski definition) is 3. The van der Waals surface area contributed by atoms with Gasteiger partial charge < -0.3 is 10.1 Å². The minimum absolute atomic E-state index is 0.596. The molecule has 0 amide bonds. The van der Waals surface area contributed by atoms with Crippen molar-refractivity contribution in [1.29, 1.82) is 0 Å². The lowest BCUT2D eigenvalue weighted by atomic mass is 10.2. The van der Waals surface area contributed by atoms with E-state index >= 15 is 0 Å². The zero-order chi connectivity index (χ0) is 15.2. The lowest BCUT2D eigenvalue weighted by Gasteiger charge is -2.10. The normalized spacial score (nSPS) is 10.9. The van der Waals surface area contributed by atoms with Gasteiger partial charge in [-0.15, -0.1) is 0 Å². The number of aryl methyl sites for hydroxylation is 1. The summed E-state index contributed by atoms with van der Waals surface area (Å²) in [6.45, 7) is 8.16. The summed E-state index contributed by atoms with van der Waals surface area (Å²) in [5.74, 6) is 1.93. The molecule has 0 aliphatic carbocycles. The molecule has 0 fully saturated rings. The molecule has 0 atom stereocenters. The number of ether oxygens (including phenoxy) is 1. The quantitative estimate of drug-likeness (QED) is 0.848. The summed E-state index contributed by atoms with van der Waals surface area (Å²) in [5, 5.41) is 4.08. The van der Waals surface area contributed by atoms with Crippen molar-refractivity contribution in [3.05, 3.63) is 52.7 Å². The summed E-state index contributed by atoms with van der Waals surface area (Å²) < 4.78 is 5.78. The SMILES string of the molecule is Cc1cc(CNCC(C)C)cc(Oc2cccc(Cl)c2)n1. The van der Waals surface area contributed by atoms with E-state index in [2.05, 4.69) is 30.2 Å². The Bertz CT molecular complexity index is 599. The Balaban J connectivity index is 2.07. The van der Waals surface area contributed by atoms with Gasteiger partial charge in [-0.1, -0.05) is 31.5 Å². The molecule has 112 valence electrons. The fourth-order valence-corrected chi connectivity index (χ4v) is 2.20. The first-order valence-electron chi connectivity index (χ1n) is 7.14. The lowest BCUT2D eigenvalue weighted by Crippen LogP contribution is -2.19. The molecular formula is C17H21ClN2O. The topological polar surface area (TPSA) is 34.1 Å². The summed E-state index contributed by atoms with van der Waals surface area (Å²) in [6.07, 6.45) is 0. The molecule has 1 aromatic heterocycles. The number of nitrogens with zero attached hydrogens (tertiary/aromatic N) is 1. The van der Waals surface area contributed by atoms with Gasteiger partial charge in [-0.05, 0) is 49.2 Å². The molecule has 4 heteroatoms. The Morgan fingerprint density at radius 3 is 2.76 bits per heavy atom. The number of hydrogen-bond donors (Lipinski definition) is 1. The van der Waals surface area contributed by atoms with E-state index in [-0.39, 0.29) is 0 Å². The monoisotopic (exact) mass is 304 g/mol. The predicted molar refractivity (Wildman–Crippen MR) is 87.0 cm³/mol. The molecule has 1 aromatic carbocycles. The molecule has 21 heavy (non-hydrogen) atoms. The Morgan fingerprint density at radius 2 is 2.05 bits per heavy atom. The third-order valence-electron chi connectivity index (χ3n) is 2.89. The van der Waals surface area contributed by atoms with Crippen molar-refractivity contribution in [2.75, 3.05) is 6.54 Å². The predicted octanol–water partition coefficient (Wildman–Crippen LogP) is 4.58. The molecule has 0 saturated heterocycles. The van der Waals surface area contributed by atoms with Gasteiger partial charge in [-0.3, -0.25) is 0 Å². The molecule has 1 N–H and O–H groups in total. The Hall–Kier alpha value is -1.58. The molecule has 0 spiro atoms. The van der Waals surface area contributed by atoms with E-state index in [9.17, 15) is 0 Å². The molecule has 0 aliphatic rings. The molecule has 0 aliphatic heterocycles. The molecular weight excluding hydrogens is 284 g/mol. The highest BCUT2D eigenvalue weighted by molar-refractivity contribution is 6.30. The van der Waals surface area contributed by atoms with Gasteiger partial charge in [0.2, 0.25) is 5.88 Å². The van der Waals surface area contributed by atoms with Crippen molar-refractivity contribution in [3.63, 3.8) is 0 Å². The van der Waals surface area contributed by atoms with Gasteiger partial charge in [-0.2, -0.15) is 0 Å². The third-order valence-corrected chi connectivity index (χ3v) is 3.13. The van der Waals surface area contributed by atoms with E-state index in [1.54, 1.807) is 6.07 Å². The molecule has 3 nitrogen and oxygen atoms in total. The van der Waals surface area contributed by atoms with Gasteiger partial charge in [0.25, 0.3) is 0 Å². The molecule has 0 unspecified atom stereocenters. The van der Waals surface area contributed by atoms with Gasteiger partial charge in [-0.25, -0.2) is 4.98 Å². The molecule has 2 rings (SSSR count). The number of aromatic nitrogens is 1. The Morgan fingerprint density at radius 1 is 1.24 bits per heavy atom. The Labute approximate surface area is 131 Å². The van der Waals surface area contributed by atoms with Crippen LogP contribution >= 0.6 is 11.6 Å². The maximum Gasteiger partial charge on any atom is 0.219 e. The smallest absolute Gasteiger partial charge is 0.219 e. The van der Waals surface area contributed by atoms with Crippen LogP contribution in [0.15, 0.2) is 36.4 Å². The van der Waals surface area contributed by atoms with Crippen LogP contribution in [0.3, 0.4) is 0 Å². The van der Waals surface area contributed by atoms with Crippen molar-refractivity contribution in [1.82, 2.24) is 10.3 Å². The second-order valence-corrected chi connectivity index (χ2v) is 5.98. The molecule has 0 bridgehead atoms. The van der Waals surface area contributed by atoms with Crippen LogP contribution in [0.25, 0.3) is 0 Å². The average molecular weight is 305 g/mol. The van der Waals surface area contributed by atoms with E-state index < -0.39 is 0 Å². The zero-order valence-corrected chi connectivity index (χ0v) is 13.4. The van der Waals surface area contributed by atoms with E-state index in [4.69, 9.17) is 16.3 Å². The highest BCUT2D eigenvalue weighted by Gasteiger charge is 2.04. The minimum Gasteiger partial charge on any atom is -0.439 e. The van der Waals surface area contributed by atoms with Gasteiger partial charge in [0.1, 0.15) is 5.75 Å². The van der Waals surface area contributed by atoms with E-state index in [0.717, 1.165) is 18.8 Å². The molecule has 0 saturated carbocycles. The molecule has 1 heterocycles. The standard InChI is InChI=1S/C17H21ClN2O/c1-12(2)10-19-11-14-7-13(3)20-17(8-14)21-16-6-4-5-15(18)9-16/h4-9,12,19H,10-11H2,1-3H3. The first-order valence-corrected chi connectivity index (χ1v) is 7.52. The number of halogens is 1. The number of nitrogens with one attached hydrogen (secondary N) is 1. The maximum atomic E-state index is 5.96. The van der Waals surface area contributed by atoms with Gasteiger partial charge in [0.05, 0.1) is 0 Å². The van der Waals surface area contributed by atoms with Crippen LogP contribution < -0.4 is 10.1 Å². The van der Waals surface area contributed by atoms with Crippen LogP contribution in [0, 0.1) is 12.8 Å². The molecule has 0 radical (unpaired) electrons. The summed E-state index contributed by atoms with van der Waals surface area (Å²) in [4.78, 5) is 4.41. The van der Waals surface area contributed by atoms with E-state index in [0.29, 0.717) is 22.6 Å². The largest absolute Gasteiger partial charge is 0.439 e.